The molecule has 1 aliphatic rings. The topological polar surface area (TPSA) is 49.4 Å². The Labute approximate surface area is 66.6 Å². The first-order chi connectivity index (χ1) is 5.40. The molecular formula is C5H7F3N4. The molecule has 0 radical (unpaired) electrons. The molecule has 0 bridgehead atoms. The van der Waals surface area contributed by atoms with Gasteiger partial charge in [-0.2, -0.15) is 13.2 Å². The minimum Gasteiger partial charge on any atom is -0.166 e. The Bertz CT molecular complexity index is 217. The van der Waals surface area contributed by atoms with Crippen LogP contribution in [0, 0.1) is 5.92 Å². The summed E-state index contributed by atoms with van der Waals surface area (Å²) < 4.78 is 37.1. The molecule has 1 aliphatic heterocycles. The van der Waals surface area contributed by atoms with Crippen molar-refractivity contribution < 1.29 is 13.2 Å². The van der Waals surface area contributed by atoms with Gasteiger partial charge in [0.25, 0.3) is 5.66 Å². The summed E-state index contributed by atoms with van der Waals surface area (Å²) in [6.07, 6.45) is -4.52. The fourth-order valence-electron chi connectivity index (χ4n) is 0.868. The maximum absolute atomic E-state index is 12.4. The van der Waals surface area contributed by atoms with Gasteiger partial charge in [-0.05, 0) is 10.4 Å². The molecule has 12 heavy (non-hydrogen) atoms. The van der Waals surface area contributed by atoms with Crippen molar-refractivity contribution >= 4 is 0 Å². The summed E-state index contributed by atoms with van der Waals surface area (Å²) in [5.74, 6) is -0.799. The molecule has 0 atom stereocenters. The van der Waals surface area contributed by atoms with Crippen LogP contribution >= 0.6 is 0 Å². The van der Waals surface area contributed by atoms with Gasteiger partial charge in [0.05, 0.1) is 0 Å². The Morgan fingerprint density at radius 1 is 1.08 bits per heavy atom. The van der Waals surface area contributed by atoms with Gasteiger partial charge in [0.1, 0.15) is 0 Å². The smallest absolute Gasteiger partial charge is 0.166 e. The van der Waals surface area contributed by atoms with E-state index in [0.29, 0.717) is 0 Å². The molecule has 1 heterocycles. The number of halogens is 3. The van der Waals surface area contributed by atoms with E-state index in [0.717, 1.165) is 0 Å². The molecule has 68 valence electrons. The molecule has 0 unspecified atom stereocenters. The molecule has 7 heteroatoms. The normalized spacial score (nSPS) is 20.8. The second-order valence-electron chi connectivity index (χ2n) is 2.76. The first-order valence-electron chi connectivity index (χ1n) is 3.31. The summed E-state index contributed by atoms with van der Waals surface area (Å²) in [6.45, 7) is 2.74. The molecule has 0 spiro atoms. The summed E-state index contributed by atoms with van der Waals surface area (Å²) in [7, 11) is 0. The second-order valence-corrected chi connectivity index (χ2v) is 2.76. The average molecular weight is 180 g/mol. The minimum atomic E-state index is -4.52. The van der Waals surface area contributed by atoms with E-state index in [2.05, 4.69) is 20.7 Å². The van der Waals surface area contributed by atoms with Gasteiger partial charge in [0.2, 0.25) is 0 Å². The Hall–Kier alpha value is -1.01. The van der Waals surface area contributed by atoms with Crippen molar-refractivity contribution in [3.05, 3.63) is 0 Å². The highest BCUT2D eigenvalue weighted by atomic mass is 19.4. The predicted octanol–water partition coefficient (Wildman–Crippen LogP) is 2.73. The molecule has 0 aromatic rings. The summed E-state index contributed by atoms with van der Waals surface area (Å²) >= 11 is 0. The van der Waals surface area contributed by atoms with Crippen molar-refractivity contribution in [2.45, 2.75) is 25.7 Å². The molecule has 1 rings (SSSR count). The average Bonchev–Trinajstić information content (AvgIpc) is 2.31. The van der Waals surface area contributed by atoms with Gasteiger partial charge in [-0.25, -0.2) is 0 Å². The number of hydrogen-bond acceptors (Lipinski definition) is 4. The molecule has 4 nitrogen and oxygen atoms in total. The molecule has 0 saturated carbocycles. The van der Waals surface area contributed by atoms with Crippen molar-refractivity contribution in [3.63, 3.8) is 0 Å². The highest BCUT2D eigenvalue weighted by Gasteiger charge is 2.60. The fraction of sp³-hybridized carbons (Fsp3) is 1.00. The van der Waals surface area contributed by atoms with E-state index in [1.807, 2.05) is 0 Å². The zero-order chi connectivity index (χ0) is 9.41. The molecule has 0 aromatic carbocycles. The van der Waals surface area contributed by atoms with E-state index in [1.54, 1.807) is 0 Å². The lowest BCUT2D eigenvalue weighted by Gasteiger charge is -2.25. The number of alkyl halides is 3. The van der Waals surface area contributed by atoms with Gasteiger partial charge in [-0.3, -0.25) is 0 Å². The predicted molar refractivity (Wildman–Crippen MR) is 33.3 cm³/mol. The van der Waals surface area contributed by atoms with Crippen LogP contribution < -0.4 is 0 Å². The highest BCUT2D eigenvalue weighted by Crippen LogP contribution is 2.43. The van der Waals surface area contributed by atoms with Crippen LogP contribution in [-0.4, -0.2) is 11.8 Å². The maximum Gasteiger partial charge on any atom is 0.438 e. The van der Waals surface area contributed by atoms with Crippen LogP contribution in [0.1, 0.15) is 13.8 Å². The fourth-order valence-corrected chi connectivity index (χ4v) is 0.868. The van der Waals surface area contributed by atoms with Crippen LogP contribution in [0.25, 0.3) is 0 Å². The van der Waals surface area contributed by atoms with E-state index in [9.17, 15) is 13.2 Å². The Morgan fingerprint density at radius 3 is 1.67 bits per heavy atom. The second kappa shape index (κ2) is 2.49. The van der Waals surface area contributed by atoms with Crippen molar-refractivity contribution in [2.75, 3.05) is 0 Å². The monoisotopic (exact) mass is 180 g/mol. The number of hydrogen-bond donors (Lipinski definition) is 0. The van der Waals surface area contributed by atoms with Gasteiger partial charge in [-0.1, -0.05) is 13.8 Å². The Morgan fingerprint density at radius 2 is 1.50 bits per heavy atom. The number of nitrogens with zero attached hydrogens (tertiary/aromatic N) is 4. The van der Waals surface area contributed by atoms with E-state index in [-0.39, 0.29) is 0 Å². The van der Waals surface area contributed by atoms with Crippen LogP contribution in [0.4, 0.5) is 13.2 Å². The van der Waals surface area contributed by atoms with Crippen molar-refractivity contribution in [2.24, 2.45) is 26.6 Å². The zero-order valence-electron chi connectivity index (χ0n) is 6.50. The SMILES string of the molecule is CC(C)C1(C(F)(F)F)N=NN=N1. The molecule has 0 N–H and O–H groups in total. The summed E-state index contributed by atoms with van der Waals surface area (Å²) in [5.41, 5.74) is -2.45. The van der Waals surface area contributed by atoms with Crippen LogP contribution in [0.2, 0.25) is 0 Å². The van der Waals surface area contributed by atoms with Gasteiger partial charge in [0, 0.05) is 5.92 Å². The Balaban J connectivity index is 3.05. The lowest BCUT2D eigenvalue weighted by molar-refractivity contribution is -0.195. The quantitative estimate of drug-likeness (QED) is 0.595. The molecule has 0 fully saturated rings. The summed E-state index contributed by atoms with van der Waals surface area (Å²) in [5, 5.41) is 11.8. The van der Waals surface area contributed by atoms with Gasteiger partial charge in [0.15, 0.2) is 0 Å². The lowest BCUT2D eigenvalue weighted by Crippen LogP contribution is -2.44. The van der Waals surface area contributed by atoms with Crippen molar-refractivity contribution in [1.82, 2.24) is 0 Å². The molecule has 0 amide bonds. The Kier molecular flexibility index (Phi) is 1.89. The highest BCUT2D eigenvalue weighted by molar-refractivity contribution is 4.95. The summed E-state index contributed by atoms with van der Waals surface area (Å²) in [6, 6.07) is 0. The molecule has 0 saturated heterocycles. The van der Waals surface area contributed by atoms with E-state index < -0.39 is 17.8 Å². The number of rotatable bonds is 1. The third kappa shape index (κ3) is 1.09. The van der Waals surface area contributed by atoms with Crippen LogP contribution in [0.3, 0.4) is 0 Å². The molecule has 0 aromatic heterocycles. The maximum atomic E-state index is 12.4. The summed E-state index contributed by atoms with van der Waals surface area (Å²) in [4.78, 5) is 0. The minimum absolute atomic E-state index is 0.799. The van der Waals surface area contributed by atoms with Crippen LogP contribution in [-0.2, 0) is 0 Å². The standard InChI is InChI=1S/C5H7F3N4/c1-3(2)4(5(6,7)8)9-11-12-10-4/h3H,1-2H3. The van der Waals surface area contributed by atoms with Crippen LogP contribution in [0.5, 0.6) is 0 Å². The largest absolute Gasteiger partial charge is 0.438 e. The molecular weight excluding hydrogens is 173 g/mol. The molecule has 0 aliphatic carbocycles. The lowest BCUT2D eigenvalue weighted by atomic mass is 9.97. The third-order valence-corrected chi connectivity index (χ3v) is 1.66. The van der Waals surface area contributed by atoms with Gasteiger partial charge >= 0.3 is 6.18 Å². The third-order valence-electron chi connectivity index (χ3n) is 1.66. The van der Waals surface area contributed by atoms with Gasteiger partial charge in [-0.15, -0.1) is 10.2 Å². The van der Waals surface area contributed by atoms with E-state index in [4.69, 9.17) is 0 Å². The van der Waals surface area contributed by atoms with E-state index in [1.165, 1.54) is 13.8 Å². The first kappa shape index (κ1) is 9.08. The first-order valence-corrected chi connectivity index (χ1v) is 3.31. The van der Waals surface area contributed by atoms with Gasteiger partial charge < -0.3 is 0 Å². The van der Waals surface area contributed by atoms with E-state index >= 15 is 0 Å². The zero-order valence-corrected chi connectivity index (χ0v) is 6.50. The van der Waals surface area contributed by atoms with Crippen LogP contribution in [0.15, 0.2) is 20.7 Å². The van der Waals surface area contributed by atoms with Crippen molar-refractivity contribution in [3.8, 4) is 0 Å². The van der Waals surface area contributed by atoms with Crippen molar-refractivity contribution in [1.29, 1.82) is 0 Å².